The van der Waals surface area contributed by atoms with Gasteiger partial charge in [-0.05, 0) is 25.5 Å². The van der Waals surface area contributed by atoms with E-state index in [0.29, 0.717) is 18.2 Å². The SMILES string of the molecule is COc1cc(CNC(C)c2ncc(C)o2)cc([N+](=O)[O-])c1. The van der Waals surface area contributed by atoms with Gasteiger partial charge in [0.05, 0.1) is 30.3 Å². The molecule has 7 heteroatoms. The highest BCUT2D eigenvalue weighted by molar-refractivity contribution is 5.42. The lowest BCUT2D eigenvalue weighted by Gasteiger charge is -2.11. The molecule has 1 atom stereocenters. The molecule has 0 aliphatic carbocycles. The topological polar surface area (TPSA) is 90.4 Å². The summed E-state index contributed by atoms with van der Waals surface area (Å²) in [6, 6.07) is 4.57. The zero-order chi connectivity index (χ0) is 15.4. The van der Waals surface area contributed by atoms with Crippen molar-refractivity contribution < 1.29 is 14.1 Å². The molecule has 0 aliphatic rings. The predicted octanol–water partition coefficient (Wildman–Crippen LogP) is 2.75. The first-order valence-corrected chi connectivity index (χ1v) is 6.47. The normalized spacial score (nSPS) is 12.1. The molecule has 1 heterocycles. The van der Waals surface area contributed by atoms with Crippen molar-refractivity contribution in [1.29, 1.82) is 0 Å². The van der Waals surface area contributed by atoms with Crippen molar-refractivity contribution in [3.63, 3.8) is 0 Å². The Kier molecular flexibility index (Phi) is 4.54. The maximum absolute atomic E-state index is 10.9. The van der Waals surface area contributed by atoms with Gasteiger partial charge >= 0.3 is 0 Å². The van der Waals surface area contributed by atoms with Gasteiger partial charge in [-0.15, -0.1) is 0 Å². The molecule has 7 nitrogen and oxygen atoms in total. The molecule has 0 bridgehead atoms. The Labute approximate surface area is 122 Å². The summed E-state index contributed by atoms with van der Waals surface area (Å²) >= 11 is 0. The average molecular weight is 291 g/mol. The third kappa shape index (κ3) is 3.79. The number of aryl methyl sites for hydroxylation is 1. The lowest BCUT2D eigenvalue weighted by molar-refractivity contribution is -0.385. The van der Waals surface area contributed by atoms with Crippen LogP contribution < -0.4 is 10.1 Å². The van der Waals surface area contributed by atoms with E-state index in [1.54, 1.807) is 12.3 Å². The zero-order valence-electron chi connectivity index (χ0n) is 12.1. The van der Waals surface area contributed by atoms with Crippen molar-refractivity contribution in [2.45, 2.75) is 26.4 Å². The van der Waals surface area contributed by atoms with Crippen molar-refractivity contribution in [2.75, 3.05) is 7.11 Å². The molecule has 0 radical (unpaired) electrons. The number of benzene rings is 1. The first kappa shape index (κ1) is 15.0. The Bertz CT molecular complexity index is 639. The highest BCUT2D eigenvalue weighted by Crippen LogP contribution is 2.23. The Balaban J connectivity index is 2.08. The van der Waals surface area contributed by atoms with Crippen molar-refractivity contribution in [2.24, 2.45) is 0 Å². The van der Waals surface area contributed by atoms with E-state index >= 15 is 0 Å². The predicted molar refractivity (Wildman–Crippen MR) is 76.1 cm³/mol. The highest BCUT2D eigenvalue weighted by Gasteiger charge is 2.13. The number of nitrogens with zero attached hydrogens (tertiary/aromatic N) is 2. The van der Waals surface area contributed by atoms with Crippen LogP contribution in [0.4, 0.5) is 5.69 Å². The Morgan fingerprint density at radius 2 is 2.24 bits per heavy atom. The second kappa shape index (κ2) is 6.36. The fourth-order valence-electron chi connectivity index (χ4n) is 1.90. The van der Waals surface area contributed by atoms with E-state index in [1.165, 1.54) is 19.2 Å². The van der Waals surface area contributed by atoms with Gasteiger partial charge in [-0.3, -0.25) is 10.1 Å². The minimum absolute atomic E-state index is 0.00534. The van der Waals surface area contributed by atoms with Crippen LogP contribution in [0.1, 0.15) is 30.2 Å². The highest BCUT2D eigenvalue weighted by atomic mass is 16.6. The Hall–Kier alpha value is -2.41. The average Bonchev–Trinajstić information content (AvgIpc) is 2.91. The van der Waals surface area contributed by atoms with Crippen LogP contribution in [0.5, 0.6) is 5.75 Å². The Morgan fingerprint density at radius 1 is 1.48 bits per heavy atom. The molecule has 2 rings (SSSR count). The minimum Gasteiger partial charge on any atom is -0.496 e. The first-order chi connectivity index (χ1) is 9.99. The quantitative estimate of drug-likeness (QED) is 0.650. The summed E-state index contributed by atoms with van der Waals surface area (Å²) in [6.07, 6.45) is 1.66. The molecule has 0 fully saturated rings. The fraction of sp³-hybridized carbons (Fsp3) is 0.357. The largest absolute Gasteiger partial charge is 0.496 e. The molecular formula is C14H17N3O4. The summed E-state index contributed by atoms with van der Waals surface area (Å²) < 4.78 is 10.5. The van der Waals surface area contributed by atoms with E-state index in [-0.39, 0.29) is 11.7 Å². The van der Waals surface area contributed by atoms with Crippen LogP contribution in [0.15, 0.2) is 28.8 Å². The number of methoxy groups -OCH3 is 1. The number of oxazole rings is 1. The number of nitrogens with one attached hydrogen (secondary N) is 1. The van der Waals surface area contributed by atoms with Gasteiger partial charge in [-0.1, -0.05) is 0 Å². The molecule has 112 valence electrons. The molecule has 0 spiro atoms. The number of hydrogen-bond donors (Lipinski definition) is 1. The van der Waals surface area contributed by atoms with Crippen LogP contribution in [0.3, 0.4) is 0 Å². The maximum atomic E-state index is 10.9. The van der Waals surface area contributed by atoms with E-state index in [2.05, 4.69) is 10.3 Å². The van der Waals surface area contributed by atoms with Crippen molar-refractivity contribution in [3.05, 3.63) is 51.7 Å². The van der Waals surface area contributed by atoms with Gasteiger partial charge in [0.2, 0.25) is 5.89 Å². The number of hydrogen-bond acceptors (Lipinski definition) is 6. The van der Waals surface area contributed by atoms with Crippen LogP contribution in [-0.2, 0) is 6.54 Å². The second-order valence-corrected chi connectivity index (χ2v) is 4.71. The summed E-state index contributed by atoms with van der Waals surface area (Å²) in [5, 5.41) is 14.1. The molecule has 21 heavy (non-hydrogen) atoms. The lowest BCUT2D eigenvalue weighted by atomic mass is 10.1. The van der Waals surface area contributed by atoms with E-state index < -0.39 is 4.92 Å². The summed E-state index contributed by atoms with van der Waals surface area (Å²) in [5.74, 6) is 1.79. The van der Waals surface area contributed by atoms with Crippen LogP contribution in [0.2, 0.25) is 0 Å². The number of rotatable bonds is 6. The number of aromatic nitrogens is 1. The third-order valence-electron chi connectivity index (χ3n) is 3.02. The monoisotopic (exact) mass is 291 g/mol. The zero-order valence-corrected chi connectivity index (χ0v) is 12.1. The van der Waals surface area contributed by atoms with Crippen LogP contribution in [0, 0.1) is 17.0 Å². The summed E-state index contributed by atoms with van der Waals surface area (Å²) in [4.78, 5) is 14.6. The minimum atomic E-state index is -0.438. The van der Waals surface area contributed by atoms with Gasteiger partial charge in [0.25, 0.3) is 5.69 Å². The molecule has 0 saturated carbocycles. The number of ether oxygens (including phenoxy) is 1. The van der Waals surface area contributed by atoms with Crippen molar-refractivity contribution >= 4 is 5.69 Å². The lowest BCUT2D eigenvalue weighted by Crippen LogP contribution is -2.18. The molecule has 0 saturated heterocycles. The van der Waals surface area contributed by atoms with Gasteiger partial charge in [0, 0.05) is 12.6 Å². The molecular weight excluding hydrogens is 274 g/mol. The number of nitro benzene ring substituents is 1. The molecule has 1 aromatic heterocycles. The second-order valence-electron chi connectivity index (χ2n) is 4.71. The molecule has 0 amide bonds. The molecule has 1 unspecified atom stereocenters. The van der Waals surface area contributed by atoms with Gasteiger partial charge < -0.3 is 14.5 Å². The third-order valence-corrected chi connectivity index (χ3v) is 3.02. The van der Waals surface area contributed by atoms with E-state index in [9.17, 15) is 10.1 Å². The van der Waals surface area contributed by atoms with Crippen molar-refractivity contribution in [1.82, 2.24) is 10.3 Å². The van der Waals surface area contributed by atoms with Crippen LogP contribution >= 0.6 is 0 Å². The summed E-state index contributed by atoms with van der Waals surface area (Å²) in [7, 11) is 1.48. The maximum Gasteiger partial charge on any atom is 0.273 e. The van der Waals surface area contributed by atoms with Gasteiger partial charge in [0.1, 0.15) is 11.5 Å². The van der Waals surface area contributed by atoms with Gasteiger partial charge in [0.15, 0.2) is 0 Å². The molecule has 2 aromatic rings. The summed E-state index contributed by atoms with van der Waals surface area (Å²) in [6.45, 7) is 4.19. The molecule has 1 N–H and O–H groups in total. The smallest absolute Gasteiger partial charge is 0.273 e. The van der Waals surface area contributed by atoms with Crippen LogP contribution in [-0.4, -0.2) is 17.0 Å². The van der Waals surface area contributed by atoms with E-state index in [4.69, 9.17) is 9.15 Å². The first-order valence-electron chi connectivity index (χ1n) is 6.47. The number of non-ortho nitro benzene ring substituents is 1. The van der Waals surface area contributed by atoms with E-state index in [0.717, 1.165) is 11.3 Å². The van der Waals surface area contributed by atoms with Crippen LogP contribution in [0.25, 0.3) is 0 Å². The molecule has 1 aromatic carbocycles. The van der Waals surface area contributed by atoms with Gasteiger partial charge in [-0.2, -0.15) is 0 Å². The standard InChI is InChI=1S/C14H17N3O4/c1-9-7-16-14(21-9)10(2)15-8-11-4-12(17(18)19)6-13(5-11)20-3/h4-7,10,15H,8H2,1-3H3. The Morgan fingerprint density at radius 3 is 2.81 bits per heavy atom. The van der Waals surface area contributed by atoms with E-state index in [1.807, 2.05) is 13.8 Å². The number of nitro groups is 1. The molecule has 0 aliphatic heterocycles. The summed E-state index contributed by atoms with van der Waals surface area (Å²) in [5.41, 5.74) is 0.766. The fourth-order valence-corrected chi connectivity index (χ4v) is 1.90. The van der Waals surface area contributed by atoms with Crippen molar-refractivity contribution in [3.8, 4) is 5.75 Å². The van der Waals surface area contributed by atoms with Gasteiger partial charge in [-0.25, -0.2) is 4.98 Å².